The molecule has 2 aromatic heterocycles. The monoisotopic (exact) mass is 271 g/mol. The molecule has 20 heavy (non-hydrogen) atoms. The molecule has 7 nitrogen and oxygen atoms in total. The van der Waals surface area contributed by atoms with Gasteiger partial charge in [0.25, 0.3) is 0 Å². The Morgan fingerprint density at radius 3 is 2.85 bits per heavy atom. The Hall–Kier alpha value is -2.83. The Labute approximate surface area is 114 Å². The summed E-state index contributed by atoms with van der Waals surface area (Å²) < 4.78 is 5.29. The number of fused-ring (bicyclic) bond motifs is 1. The summed E-state index contributed by atoms with van der Waals surface area (Å²) in [5.74, 6) is 1.15. The second kappa shape index (κ2) is 4.69. The second-order valence-corrected chi connectivity index (χ2v) is 4.32. The number of anilines is 2. The van der Waals surface area contributed by atoms with E-state index in [2.05, 4.69) is 25.3 Å². The molecule has 1 aromatic carbocycles. The molecule has 2 heterocycles. The molecule has 0 bridgehead atoms. The summed E-state index contributed by atoms with van der Waals surface area (Å²) in [7, 11) is 1.56. The topological polar surface area (TPSA) is 96.0 Å². The molecule has 7 heteroatoms. The van der Waals surface area contributed by atoms with Crippen molar-refractivity contribution < 1.29 is 9.84 Å². The minimum absolute atomic E-state index is 0.0316. The van der Waals surface area contributed by atoms with Crippen molar-refractivity contribution in [2.75, 3.05) is 12.4 Å². The van der Waals surface area contributed by atoms with Gasteiger partial charge in [-0.3, -0.25) is 10.3 Å². The van der Waals surface area contributed by atoms with E-state index in [0.29, 0.717) is 17.8 Å². The lowest BCUT2D eigenvalue weighted by Crippen LogP contribution is -2.01. The van der Waals surface area contributed by atoms with Gasteiger partial charge in [-0.25, -0.2) is 9.97 Å². The van der Waals surface area contributed by atoms with Gasteiger partial charge in [-0.15, -0.1) is 0 Å². The lowest BCUT2D eigenvalue weighted by molar-refractivity contribution is 0.403. The molecule has 0 aliphatic carbocycles. The average molecular weight is 271 g/mol. The standard InChI is InChI=1S/C13H13N5O2/c1-7-3-4-9-8(5-7)11(20-2)17-13(15-9)18-12-14-6-10(19)16-12/h3-6,19H,1-2H3,(H2,14,15,16,17,18). The van der Waals surface area contributed by atoms with Gasteiger partial charge in [-0.05, 0) is 19.1 Å². The molecule has 0 saturated carbocycles. The van der Waals surface area contributed by atoms with Crippen LogP contribution in [0.15, 0.2) is 24.4 Å². The number of aryl methyl sites for hydroxylation is 1. The SMILES string of the molecule is COc1nc(Nc2ncc(O)[nH]2)nc2ccc(C)cc12. The summed E-state index contributed by atoms with van der Waals surface area (Å²) in [6.45, 7) is 2.00. The number of aromatic nitrogens is 4. The van der Waals surface area contributed by atoms with Crippen LogP contribution in [0, 0.1) is 6.92 Å². The number of hydrogen-bond acceptors (Lipinski definition) is 6. The molecule has 0 saturated heterocycles. The van der Waals surface area contributed by atoms with Crippen LogP contribution in [0.4, 0.5) is 11.9 Å². The number of methoxy groups -OCH3 is 1. The van der Waals surface area contributed by atoms with Crippen molar-refractivity contribution in [2.45, 2.75) is 6.92 Å². The van der Waals surface area contributed by atoms with Crippen molar-refractivity contribution >= 4 is 22.8 Å². The van der Waals surface area contributed by atoms with Crippen molar-refractivity contribution in [1.29, 1.82) is 0 Å². The van der Waals surface area contributed by atoms with Crippen molar-refractivity contribution in [3.63, 3.8) is 0 Å². The highest BCUT2D eigenvalue weighted by Crippen LogP contribution is 2.25. The lowest BCUT2D eigenvalue weighted by Gasteiger charge is -2.08. The number of aromatic hydroxyl groups is 1. The third-order valence-corrected chi connectivity index (χ3v) is 2.80. The highest BCUT2D eigenvalue weighted by molar-refractivity contribution is 5.85. The van der Waals surface area contributed by atoms with Crippen LogP contribution in [-0.2, 0) is 0 Å². The molecule has 0 spiro atoms. The number of nitrogens with one attached hydrogen (secondary N) is 2. The van der Waals surface area contributed by atoms with E-state index in [0.717, 1.165) is 16.5 Å². The van der Waals surface area contributed by atoms with E-state index in [4.69, 9.17) is 4.74 Å². The van der Waals surface area contributed by atoms with Crippen molar-refractivity contribution in [2.24, 2.45) is 0 Å². The van der Waals surface area contributed by atoms with E-state index >= 15 is 0 Å². The van der Waals surface area contributed by atoms with E-state index in [1.807, 2.05) is 25.1 Å². The maximum Gasteiger partial charge on any atom is 0.233 e. The zero-order valence-corrected chi connectivity index (χ0v) is 11.0. The molecule has 0 fully saturated rings. The summed E-state index contributed by atoms with van der Waals surface area (Å²) >= 11 is 0. The second-order valence-electron chi connectivity index (χ2n) is 4.32. The van der Waals surface area contributed by atoms with Gasteiger partial charge >= 0.3 is 0 Å². The summed E-state index contributed by atoms with van der Waals surface area (Å²) in [6, 6.07) is 5.84. The normalized spacial score (nSPS) is 10.7. The first-order valence-electron chi connectivity index (χ1n) is 5.99. The summed E-state index contributed by atoms with van der Waals surface area (Å²) in [6.07, 6.45) is 1.30. The van der Waals surface area contributed by atoms with Gasteiger partial charge in [0, 0.05) is 0 Å². The molecular formula is C13H13N5O2. The number of ether oxygens (including phenoxy) is 1. The smallest absolute Gasteiger partial charge is 0.233 e. The first kappa shape index (κ1) is 12.2. The van der Waals surface area contributed by atoms with E-state index in [1.165, 1.54) is 6.20 Å². The summed E-state index contributed by atoms with van der Waals surface area (Å²) in [5, 5.41) is 12.9. The van der Waals surface area contributed by atoms with Crippen LogP contribution < -0.4 is 10.1 Å². The van der Waals surface area contributed by atoms with E-state index in [9.17, 15) is 5.11 Å². The maximum atomic E-state index is 9.21. The molecular weight excluding hydrogens is 258 g/mol. The van der Waals surface area contributed by atoms with Crippen LogP contribution in [0.1, 0.15) is 5.56 Å². The largest absolute Gasteiger partial charge is 0.493 e. The number of hydrogen-bond donors (Lipinski definition) is 3. The number of imidazole rings is 1. The number of benzene rings is 1. The predicted molar refractivity (Wildman–Crippen MR) is 74.4 cm³/mol. The fraction of sp³-hybridized carbons (Fsp3) is 0.154. The quantitative estimate of drug-likeness (QED) is 0.675. The summed E-state index contributed by atoms with van der Waals surface area (Å²) in [4.78, 5) is 15.2. The number of H-pyrrole nitrogens is 1. The molecule has 3 rings (SSSR count). The fourth-order valence-corrected chi connectivity index (χ4v) is 1.91. The minimum Gasteiger partial charge on any atom is -0.493 e. The fourth-order valence-electron chi connectivity index (χ4n) is 1.91. The molecule has 0 unspecified atom stereocenters. The molecule has 0 aliphatic rings. The third kappa shape index (κ3) is 2.20. The Kier molecular flexibility index (Phi) is 2.86. The van der Waals surface area contributed by atoms with Crippen LogP contribution in [-0.4, -0.2) is 32.2 Å². The molecule has 102 valence electrons. The highest BCUT2D eigenvalue weighted by atomic mass is 16.5. The molecule has 0 aliphatic heterocycles. The van der Waals surface area contributed by atoms with Gasteiger partial charge in [0.1, 0.15) is 0 Å². The van der Waals surface area contributed by atoms with Crippen molar-refractivity contribution in [1.82, 2.24) is 19.9 Å². The first-order chi connectivity index (χ1) is 9.65. The maximum absolute atomic E-state index is 9.21. The Morgan fingerprint density at radius 2 is 2.15 bits per heavy atom. The highest BCUT2D eigenvalue weighted by Gasteiger charge is 2.09. The Bertz CT molecular complexity index is 769. The van der Waals surface area contributed by atoms with Crippen molar-refractivity contribution in [3.05, 3.63) is 30.0 Å². The van der Waals surface area contributed by atoms with Gasteiger partial charge in [0.15, 0.2) is 0 Å². The van der Waals surface area contributed by atoms with Gasteiger partial charge in [0.2, 0.25) is 23.7 Å². The number of aromatic amines is 1. The van der Waals surface area contributed by atoms with Crippen LogP contribution in [0.2, 0.25) is 0 Å². The van der Waals surface area contributed by atoms with Crippen molar-refractivity contribution in [3.8, 4) is 11.8 Å². The molecule has 0 amide bonds. The average Bonchev–Trinajstić information content (AvgIpc) is 2.83. The van der Waals surface area contributed by atoms with Gasteiger partial charge < -0.3 is 9.84 Å². The van der Waals surface area contributed by atoms with Gasteiger partial charge in [0.05, 0.1) is 24.2 Å². The van der Waals surface area contributed by atoms with Gasteiger partial charge in [-0.2, -0.15) is 4.98 Å². The van der Waals surface area contributed by atoms with E-state index in [1.54, 1.807) is 7.11 Å². The molecule has 0 atom stereocenters. The zero-order chi connectivity index (χ0) is 14.1. The first-order valence-corrected chi connectivity index (χ1v) is 5.99. The van der Waals surface area contributed by atoms with E-state index in [-0.39, 0.29) is 5.88 Å². The van der Waals surface area contributed by atoms with Crippen LogP contribution in [0.3, 0.4) is 0 Å². The third-order valence-electron chi connectivity index (χ3n) is 2.80. The van der Waals surface area contributed by atoms with Crippen LogP contribution in [0.25, 0.3) is 10.9 Å². The number of nitrogens with zero attached hydrogens (tertiary/aromatic N) is 3. The van der Waals surface area contributed by atoms with Crippen LogP contribution >= 0.6 is 0 Å². The zero-order valence-electron chi connectivity index (χ0n) is 11.0. The molecule has 0 radical (unpaired) electrons. The van der Waals surface area contributed by atoms with E-state index < -0.39 is 0 Å². The van der Waals surface area contributed by atoms with Crippen LogP contribution in [0.5, 0.6) is 11.8 Å². The molecule has 3 aromatic rings. The Morgan fingerprint density at radius 1 is 1.30 bits per heavy atom. The van der Waals surface area contributed by atoms with Gasteiger partial charge in [-0.1, -0.05) is 11.6 Å². The summed E-state index contributed by atoms with van der Waals surface area (Å²) in [5.41, 5.74) is 1.87. The number of rotatable bonds is 3. The minimum atomic E-state index is -0.0316. The predicted octanol–water partition coefficient (Wildman–Crippen LogP) is 2.12. The Balaban J connectivity index is 2.06. The molecule has 3 N–H and O–H groups in total. The lowest BCUT2D eigenvalue weighted by atomic mass is 10.2.